The van der Waals surface area contributed by atoms with E-state index < -0.39 is 5.60 Å². The first-order chi connectivity index (χ1) is 12.8. The maximum atomic E-state index is 12.3. The molecule has 1 aliphatic rings. The lowest BCUT2D eigenvalue weighted by molar-refractivity contribution is 0.0258. The van der Waals surface area contributed by atoms with Crippen molar-refractivity contribution in [2.75, 3.05) is 18.4 Å². The van der Waals surface area contributed by atoms with Gasteiger partial charge in [-0.15, -0.1) is 0 Å². The van der Waals surface area contributed by atoms with Crippen LogP contribution in [0, 0.1) is 34.0 Å². The summed E-state index contributed by atoms with van der Waals surface area (Å²) in [6.07, 6.45) is 1.03. The van der Waals surface area contributed by atoms with Gasteiger partial charge in [-0.3, -0.25) is 0 Å². The van der Waals surface area contributed by atoms with E-state index in [2.05, 4.69) is 5.32 Å². The molecule has 0 unspecified atom stereocenters. The van der Waals surface area contributed by atoms with Crippen LogP contribution < -0.4 is 5.32 Å². The molecule has 7 nitrogen and oxygen atoms in total. The molecule has 1 aromatic carbocycles. The summed E-state index contributed by atoms with van der Waals surface area (Å²) in [5.41, 5.74) is 1.92. The molecule has 1 aromatic rings. The van der Waals surface area contributed by atoms with Gasteiger partial charge in [0.1, 0.15) is 29.5 Å². The third-order valence-electron chi connectivity index (χ3n) is 4.01. The van der Waals surface area contributed by atoms with E-state index in [0.717, 1.165) is 11.1 Å². The van der Waals surface area contributed by atoms with Crippen LogP contribution in [0.2, 0.25) is 0 Å². The number of allylic oxidation sites excluding steroid dienone is 2. The summed E-state index contributed by atoms with van der Waals surface area (Å²) in [5, 5.41) is 29.8. The van der Waals surface area contributed by atoms with Crippen LogP contribution in [0.5, 0.6) is 0 Å². The van der Waals surface area contributed by atoms with Crippen molar-refractivity contribution in [3.63, 3.8) is 0 Å². The molecule has 1 aliphatic heterocycles. The lowest BCUT2D eigenvalue weighted by Crippen LogP contribution is -2.38. The van der Waals surface area contributed by atoms with Crippen LogP contribution in [0.1, 0.15) is 31.9 Å². The highest BCUT2D eigenvalue weighted by Crippen LogP contribution is 2.23. The van der Waals surface area contributed by atoms with E-state index in [1.54, 1.807) is 23.1 Å². The van der Waals surface area contributed by atoms with Gasteiger partial charge in [-0.1, -0.05) is 6.07 Å². The summed E-state index contributed by atoms with van der Waals surface area (Å²) in [5.74, 6) is 0. The minimum Gasteiger partial charge on any atom is -0.444 e. The van der Waals surface area contributed by atoms with Gasteiger partial charge >= 0.3 is 6.09 Å². The molecule has 7 heteroatoms. The zero-order valence-corrected chi connectivity index (χ0v) is 15.7. The highest BCUT2D eigenvalue weighted by atomic mass is 16.6. The average molecular weight is 363 g/mol. The second-order valence-electron chi connectivity index (χ2n) is 7.16. The van der Waals surface area contributed by atoms with Crippen LogP contribution >= 0.6 is 0 Å². The van der Waals surface area contributed by atoms with E-state index in [9.17, 15) is 4.79 Å². The van der Waals surface area contributed by atoms with Gasteiger partial charge in [0.15, 0.2) is 5.57 Å². The molecule has 138 valence electrons. The number of nitrogens with one attached hydrogen (secondary N) is 1. The zero-order valence-electron chi connectivity index (χ0n) is 15.7. The molecular weight excluding hydrogens is 342 g/mol. The predicted molar refractivity (Wildman–Crippen MR) is 99.1 cm³/mol. The Bertz CT molecular complexity index is 875. The van der Waals surface area contributed by atoms with Gasteiger partial charge in [-0.2, -0.15) is 15.8 Å². The molecule has 1 amide bonds. The highest BCUT2D eigenvalue weighted by Gasteiger charge is 2.24. The van der Waals surface area contributed by atoms with Gasteiger partial charge in [-0.05, 0) is 56.9 Å². The molecule has 27 heavy (non-hydrogen) atoms. The Morgan fingerprint density at radius 2 is 1.70 bits per heavy atom. The first-order valence-corrected chi connectivity index (χ1v) is 8.58. The number of hydrogen-bond acceptors (Lipinski definition) is 6. The molecule has 1 N–H and O–H groups in total. The van der Waals surface area contributed by atoms with Crippen LogP contribution in [-0.4, -0.2) is 29.7 Å². The number of nitriles is 3. The third-order valence-corrected chi connectivity index (χ3v) is 4.01. The van der Waals surface area contributed by atoms with Gasteiger partial charge < -0.3 is 15.0 Å². The SMILES string of the molecule is CC(C)(C)OC(=O)N1CCc2ccc(NC(C#N)=C(C#N)C#N)cc2CC1. The van der Waals surface area contributed by atoms with Crippen molar-refractivity contribution in [2.45, 2.75) is 39.2 Å². The topological polar surface area (TPSA) is 113 Å². The lowest BCUT2D eigenvalue weighted by Gasteiger charge is -2.26. The molecule has 1 heterocycles. The van der Waals surface area contributed by atoms with Crippen molar-refractivity contribution in [1.82, 2.24) is 4.90 Å². The normalized spacial score (nSPS) is 13.1. The van der Waals surface area contributed by atoms with Crippen molar-refractivity contribution in [3.05, 3.63) is 40.6 Å². The summed E-state index contributed by atoms with van der Waals surface area (Å²) in [4.78, 5) is 14.0. The van der Waals surface area contributed by atoms with E-state index in [-0.39, 0.29) is 17.4 Å². The average Bonchev–Trinajstić information content (AvgIpc) is 2.82. The van der Waals surface area contributed by atoms with E-state index >= 15 is 0 Å². The monoisotopic (exact) mass is 363 g/mol. The van der Waals surface area contributed by atoms with E-state index in [4.69, 9.17) is 20.5 Å². The van der Waals surface area contributed by atoms with Gasteiger partial charge in [0, 0.05) is 18.8 Å². The van der Waals surface area contributed by atoms with Gasteiger partial charge in [-0.25, -0.2) is 4.79 Å². The fourth-order valence-electron chi connectivity index (χ4n) is 2.74. The molecule has 0 saturated carbocycles. The number of benzene rings is 1. The number of anilines is 1. The Balaban J connectivity index is 2.16. The van der Waals surface area contributed by atoms with Crippen LogP contribution in [-0.2, 0) is 17.6 Å². The van der Waals surface area contributed by atoms with Gasteiger partial charge in [0.05, 0.1) is 0 Å². The van der Waals surface area contributed by atoms with Gasteiger partial charge in [0.2, 0.25) is 0 Å². The number of fused-ring (bicyclic) bond motifs is 1. The smallest absolute Gasteiger partial charge is 0.410 e. The molecule has 0 bridgehead atoms. The molecule has 2 rings (SSSR count). The summed E-state index contributed by atoms with van der Waals surface area (Å²) in [6.45, 7) is 6.63. The Morgan fingerprint density at radius 3 is 2.26 bits per heavy atom. The minimum atomic E-state index is -0.535. The fourth-order valence-corrected chi connectivity index (χ4v) is 2.74. The number of nitrogens with zero attached hydrogens (tertiary/aromatic N) is 4. The number of hydrogen-bond donors (Lipinski definition) is 1. The van der Waals surface area contributed by atoms with Crippen LogP contribution in [0.4, 0.5) is 10.5 Å². The van der Waals surface area contributed by atoms with Gasteiger partial charge in [0.25, 0.3) is 0 Å². The molecule has 0 atom stereocenters. The summed E-state index contributed by atoms with van der Waals surface area (Å²) in [7, 11) is 0. The first kappa shape index (κ1) is 19.8. The number of rotatable bonds is 2. The Kier molecular flexibility index (Phi) is 6.06. The van der Waals surface area contributed by atoms with E-state index in [1.807, 2.05) is 39.0 Å². The van der Waals surface area contributed by atoms with Crippen molar-refractivity contribution in [3.8, 4) is 18.2 Å². The van der Waals surface area contributed by atoms with Crippen molar-refractivity contribution < 1.29 is 9.53 Å². The number of ether oxygens (including phenoxy) is 1. The lowest BCUT2D eigenvalue weighted by atomic mass is 10.0. The van der Waals surface area contributed by atoms with E-state index in [1.165, 1.54) is 0 Å². The second kappa shape index (κ2) is 8.25. The maximum Gasteiger partial charge on any atom is 0.410 e. The Morgan fingerprint density at radius 1 is 1.07 bits per heavy atom. The minimum absolute atomic E-state index is 0.0797. The van der Waals surface area contributed by atoms with Crippen LogP contribution in [0.15, 0.2) is 29.5 Å². The Labute approximate surface area is 159 Å². The van der Waals surface area contributed by atoms with Crippen LogP contribution in [0.25, 0.3) is 0 Å². The molecule has 0 saturated heterocycles. The summed E-state index contributed by atoms with van der Waals surface area (Å²) in [6, 6.07) is 10.9. The van der Waals surface area contributed by atoms with Crippen molar-refractivity contribution in [1.29, 1.82) is 15.8 Å². The molecule has 0 fully saturated rings. The first-order valence-electron chi connectivity index (χ1n) is 8.58. The molecule has 0 aromatic heterocycles. The number of amides is 1. The zero-order chi connectivity index (χ0) is 20.0. The quantitative estimate of drug-likeness (QED) is 0.807. The summed E-state index contributed by atoms with van der Waals surface area (Å²) < 4.78 is 5.44. The number of carbonyl (C=O) groups excluding carboxylic acids is 1. The van der Waals surface area contributed by atoms with E-state index in [0.29, 0.717) is 31.6 Å². The van der Waals surface area contributed by atoms with Crippen LogP contribution in [0.3, 0.4) is 0 Å². The van der Waals surface area contributed by atoms with Crippen molar-refractivity contribution in [2.24, 2.45) is 0 Å². The largest absolute Gasteiger partial charge is 0.444 e. The molecular formula is C20H21N5O2. The third kappa shape index (κ3) is 5.23. The number of carbonyl (C=O) groups is 1. The Hall–Kier alpha value is -3.50. The fraction of sp³-hybridized carbons (Fsp3) is 0.400. The summed E-state index contributed by atoms with van der Waals surface area (Å²) >= 11 is 0. The maximum absolute atomic E-state index is 12.3. The van der Waals surface area contributed by atoms with Crippen molar-refractivity contribution >= 4 is 11.8 Å². The predicted octanol–water partition coefficient (Wildman–Crippen LogP) is 3.26. The standard InChI is InChI=1S/C20H21N5O2/c1-20(2,3)27-19(26)25-8-6-14-4-5-17(10-15(14)7-9-25)24-18(13-23)16(11-21)12-22/h4-5,10,24H,6-9H2,1-3H3. The second-order valence-corrected chi connectivity index (χ2v) is 7.16. The molecule has 0 radical (unpaired) electrons. The molecule has 0 aliphatic carbocycles. The highest BCUT2D eigenvalue weighted by molar-refractivity contribution is 5.68. The molecule has 0 spiro atoms.